The van der Waals surface area contributed by atoms with Crippen LogP contribution in [0.25, 0.3) is 0 Å². The first-order chi connectivity index (χ1) is 5.77. The molecule has 0 radical (unpaired) electrons. The second kappa shape index (κ2) is 2.62. The van der Waals surface area contributed by atoms with Crippen molar-refractivity contribution in [3.63, 3.8) is 0 Å². The van der Waals surface area contributed by atoms with Gasteiger partial charge >= 0.3 is 6.29 Å². The predicted molar refractivity (Wildman–Crippen MR) is 46.4 cm³/mol. The van der Waals surface area contributed by atoms with Gasteiger partial charge in [-0.05, 0) is 4.70 Å². The van der Waals surface area contributed by atoms with Crippen LogP contribution in [-0.4, -0.2) is 23.0 Å². The molecule has 0 saturated heterocycles. The summed E-state index contributed by atoms with van der Waals surface area (Å²) in [6.45, 7) is 4.16. The highest BCUT2D eigenvalue weighted by Gasteiger charge is 2.29. The van der Waals surface area contributed by atoms with E-state index in [2.05, 4.69) is 28.9 Å². The van der Waals surface area contributed by atoms with E-state index in [0.29, 0.717) is 5.92 Å². The SMILES string of the molecule is CC(C)C1=NC2N=CC=C[N+]2=N1. The fraction of sp³-hybridized carbons (Fsp3) is 0.500. The molecule has 2 aliphatic rings. The van der Waals surface area contributed by atoms with Gasteiger partial charge in [0.1, 0.15) is 0 Å². The normalized spacial score (nSPS) is 25.8. The Kier molecular flexibility index (Phi) is 1.60. The van der Waals surface area contributed by atoms with Crippen molar-refractivity contribution < 1.29 is 4.70 Å². The van der Waals surface area contributed by atoms with Crippen molar-refractivity contribution in [1.82, 2.24) is 0 Å². The summed E-state index contributed by atoms with van der Waals surface area (Å²) in [6.07, 6.45) is 5.37. The van der Waals surface area contributed by atoms with E-state index < -0.39 is 0 Å². The van der Waals surface area contributed by atoms with E-state index in [4.69, 9.17) is 0 Å². The number of allylic oxidation sites excluding steroid dienone is 1. The van der Waals surface area contributed by atoms with E-state index in [1.54, 1.807) is 10.9 Å². The van der Waals surface area contributed by atoms with Crippen LogP contribution in [0.1, 0.15) is 13.8 Å². The van der Waals surface area contributed by atoms with Gasteiger partial charge in [-0.1, -0.05) is 13.8 Å². The van der Waals surface area contributed by atoms with Gasteiger partial charge in [-0.25, -0.2) is 4.99 Å². The maximum absolute atomic E-state index is 4.34. The zero-order valence-electron chi connectivity index (χ0n) is 7.18. The number of aliphatic imine (C=N–C) groups is 2. The maximum Gasteiger partial charge on any atom is 0.377 e. The summed E-state index contributed by atoms with van der Waals surface area (Å²) in [4.78, 5) is 8.49. The van der Waals surface area contributed by atoms with E-state index >= 15 is 0 Å². The van der Waals surface area contributed by atoms with Gasteiger partial charge in [0.15, 0.2) is 0 Å². The number of nitrogens with zero attached hydrogens (tertiary/aromatic N) is 4. The molecule has 1 unspecified atom stereocenters. The Bertz CT molecular complexity index is 309. The highest BCUT2D eigenvalue weighted by atomic mass is 15.5. The van der Waals surface area contributed by atoms with Crippen molar-refractivity contribution in [2.75, 3.05) is 0 Å². The molecular formula is C8H11N4+. The van der Waals surface area contributed by atoms with E-state index in [1.165, 1.54) is 0 Å². The zero-order valence-corrected chi connectivity index (χ0v) is 7.18. The van der Waals surface area contributed by atoms with Gasteiger partial charge < -0.3 is 0 Å². The van der Waals surface area contributed by atoms with Crippen molar-refractivity contribution in [3.8, 4) is 0 Å². The average Bonchev–Trinajstić information content (AvgIpc) is 2.46. The highest BCUT2D eigenvalue weighted by Crippen LogP contribution is 2.14. The lowest BCUT2D eigenvalue weighted by molar-refractivity contribution is -0.551. The molecule has 4 nitrogen and oxygen atoms in total. The van der Waals surface area contributed by atoms with E-state index in [1.807, 2.05) is 12.3 Å². The standard InChI is InChI=1S/C8H11N4/c1-6(2)7-10-8-9-4-3-5-12(8)11-7/h3-6,8H,1-2H3/q+1. The zero-order chi connectivity index (χ0) is 8.55. The first-order valence-electron chi connectivity index (χ1n) is 4.05. The van der Waals surface area contributed by atoms with Gasteiger partial charge in [-0.15, -0.1) is 0 Å². The third-order valence-corrected chi connectivity index (χ3v) is 1.76. The Hall–Kier alpha value is -1.32. The maximum atomic E-state index is 4.34. The van der Waals surface area contributed by atoms with Gasteiger partial charge in [0, 0.05) is 23.3 Å². The monoisotopic (exact) mass is 163 g/mol. The lowest BCUT2D eigenvalue weighted by Crippen LogP contribution is -2.14. The molecule has 62 valence electrons. The Morgan fingerprint density at radius 1 is 1.50 bits per heavy atom. The topological polar surface area (TPSA) is 40.1 Å². The second-order valence-corrected chi connectivity index (χ2v) is 3.11. The minimum atomic E-state index is -0.132. The van der Waals surface area contributed by atoms with Crippen LogP contribution in [0.2, 0.25) is 0 Å². The fourth-order valence-electron chi connectivity index (χ4n) is 1.10. The molecule has 2 heterocycles. The summed E-state index contributed by atoms with van der Waals surface area (Å²) in [5.74, 6) is 1.25. The number of hydrogen-bond acceptors (Lipinski definition) is 3. The van der Waals surface area contributed by atoms with Crippen LogP contribution in [0.5, 0.6) is 0 Å². The molecule has 2 rings (SSSR count). The third kappa shape index (κ3) is 1.09. The third-order valence-electron chi connectivity index (χ3n) is 1.76. The molecular weight excluding hydrogens is 152 g/mol. The average molecular weight is 163 g/mol. The summed E-state index contributed by atoms with van der Waals surface area (Å²) in [7, 11) is 0. The minimum Gasteiger partial charge on any atom is -0.201 e. The van der Waals surface area contributed by atoms with Crippen LogP contribution in [0.4, 0.5) is 0 Å². The molecule has 0 spiro atoms. The lowest BCUT2D eigenvalue weighted by Gasteiger charge is -1.95. The van der Waals surface area contributed by atoms with Crippen molar-refractivity contribution in [2.45, 2.75) is 20.1 Å². The first-order valence-corrected chi connectivity index (χ1v) is 4.05. The molecule has 1 atom stereocenters. The highest BCUT2D eigenvalue weighted by molar-refractivity contribution is 5.85. The molecule has 0 fully saturated rings. The van der Waals surface area contributed by atoms with E-state index in [9.17, 15) is 0 Å². The van der Waals surface area contributed by atoms with Crippen molar-refractivity contribution in [3.05, 3.63) is 12.3 Å². The van der Waals surface area contributed by atoms with Crippen LogP contribution in [-0.2, 0) is 0 Å². The van der Waals surface area contributed by atoms with Gasteiger partial charge in [-0.3, -0.25) is 0 Å². The molecule has 0 aliphatic carbocycles. The van der Waals surface area contributed by atoms with Gasteiger partial charge in [0.05, 0.1) is 0 Å². The molecule has 2 aliphatic heterocycles. The van der Waals surface area contributed by atoms with E-state index in [-0.39, 0.29) is 6.29 Å². The number of hydrogen-bond donors (Lipinski definition) is 0. The Balaban J connectivity index is 2.29. The second-order valence-electron chi connectivity index (χ2n) is 3.11. The smallest absolute Gasteiger partial charge is 0.201 e. The van der Waals surface area contributed by atoms with Crippen molar-refractivity contribution in [2.24, 2.45) is 21.0 Å². The quantitative estimate of drug-likeness (QED) is 0.524. The first kappa shape index (κ1) is 7.34. The Morgan fingerprint density at radius 2 is 2.33 bits per heavy atom. The molecule has 0 aromatic carbocycles. The molecule has 4 heteroatoms. The molecule has 0 aromatic heterocycles. The predicted octanol–water partition coefficient (Wildman–Crippen LogP) is 1.40. The summed E-state index contributed by atoms with van der Waals surface area (Å²) in [5.41, 5.74) is 0. The molecule has 12 heavy (non-hydrogen) atoms. The molecule has 0 N–H and O–H groups in total. The summed E-state index contributed by atoms with van der Waals surface area (Å²) < 4.78 is 1.77. The molecule has 0 saturated carbocycles. The van der Waals surface area contributed by atoms with Gasteiger partial charge in [-0.2, -0.15) is 4.99 Å². The van der Waals surface area contributed by atoms with Crippen LogP contribution in [0, 0.1) is 5.92 Å². The molecule has 0 amide bonds. The molecule has 0 aromatic rings. The van der Waals surface area contributed by atoms with Crippen molar-refractivity contribution in [1.29, 1.82) is 0 Å². The number of fused-ring (bicyclic) bond motifs is 1. The minimum absolute atomic E-state index is 0.132. The fourth-order valence-corrected chi connectivity index (χ4v) is 1.10. The van der Waals surface area contributed by atoms with Crippen molar-refractivity contribution >= 4 is 12.1 Å². The summed E-state index contributed by atoms with van der Waals surface area (Å²) >= 11 is 0. The molecule has 0 bridgehead atoms. The van der Waals surface area contributed by atoms with Gasteiger partial charge in [0.2, 0.25) is 12.0 Å². The van der Waals surface area contributed by atoms with Crippen LogP contribution in [0.15, 0.2) is 27.4 Å². The number of rotatable bonds is 1. The van der Waals surface area contributed by atoms with Crippen LogP contribution >= 0.6 is 0 Å². The van der Waals surface area contributed by atoms with Gasteiger partial charge in [0.25, 0.3) is 0 Å². The number of azo groups is 2. The summed E-state index contributed by atoms with van der Waals surface area (Å²) in [5, 5.41) is 4.29. The Labute approximate surface area is 71.0 Å². The summed E-state index contributed by atoms with van der Waals surface area (Å²) in [6, 6.07) is 0. The van der Waals surface area contributed by atoms with Crippen LogP contribution in [0.3, 0.4) is 0 Å². The Morgan fingerprint density at radius 3 is 3.00 bits per heavy atom. The van der Waals surface area contributed by atoms with E-state index in [0.717, 1.165) is 5.84 Å². The van der Waals surface area contributed by atoms with Crippen LogP contribution < -0.4 is 0 Å². The largest absolute Gasteiger partial charge is 0.377 e. The lowest BCUT2D eigenvalue weighted by atomic mass is 10.2. The number of amidine groups is 1.